The molecule has 0 spiro atoms. The minimum Gasteiger partial charge on any atom is -0.338 e. The van der Waals surface area contributed by atoms with Gasteiger partial charge in [-0.1, -0.05) is 30.3 Å². The summed E-state index contributed by atoms with van der Waals surface area (Å²) in [7, 11) is 0. The van der Waals surface area contributed by atoms with Gasteiger partial charge >= 0.3 is 0 Å². The van der Waals surface area contributed by atoms with E-state index in [1.54, 1.807) is 18.5 Å². The van der Waals surface area contributed by atoms with E-state index in [4.69, 9.17) is 0 Å². The lowest BCUT2D eigenvalue weighted by Gasteiger charge is -2.33. The average molecular weight is 361 g/mol. The second-order valence-electron chi connectivity index (χ2n) is 6.76. The van der Waals surface area contributed by atoms with E-state index in [2.05, 4.69) is 9.97 Å². The second kappa shape index (κ2) is 7.66. The molecule has 1 saturated heterocycles. The van der Waals surface area contributed by atoms with E-state index >= 15 is 0 Å². The molecule has 136 valence electrons. The molecule has 4 rings (SSSR count). The second-order valence-corrected chi connectivity index (χ2v) is 6.76. The zero-order chi connectivity index (χ0) is 18.6. The number of likely N-dealkylation sites (tertiary alicyclic amines) is 1. The molecule has 0 unspecified atom stereocenters. The van der Waals surface area contributed by atoms with Gasteiger partial charge in [0.1, 0.15) is 5.82 Å². The third kappa shape index (κ3) is 3.72. The van der Waals surface area contributed by atoms with Crippen molar-refractivity contribution in [2.75, 3.05) is 13.1 Å². The Morgan fingerprint density at radius 1 is 1.04 bits per heavy atom. The molecule has 2 heterocycles. The van der Waals surface area contributed by atoms with Crippen LogP contribution in [0, 0.1) is 5.82 Å². The number of aromatic nitrogens is 2. The molecule has 0 saturated carbocycles. The SMILES string of the molecule is O=C(c1ccccc1)N1CCC[C@H](c2nccnc2-c2cccc(F)c2)C1. The van der Waals surface area contributed by atoms with E-state index in [0.29, 0.717) is 23.4 Å². The Bertz CT molecular complexity index is 945. The van der Waals surface area contributed by atoms with Gasteiger partial charge in [-0.2, -0.15) is 0 Å². The lowest BCUT2D eigenvalue weighted by Crippen LogP contribution is -2.39. The molecule has 4 nitrogen and oxygen atoms in total. The summed E-state index contributed by atoms with van der Waals surface area (Å²) in [5.74, 6) is -0.177. The fourth-order valence-corrected chi connectivity index (χ4v) is 3.65. The summed E-state index contributed by atoms with van der Waals surface area (Å²) in [5.41, 5.74) is 2.93. The van der Waals surface area contributed by atoms with Crippen molar-refractivity contribution in [2.45, 2.75) is 18.8 Å². The molecule has 0 radical (unpaired) electrons. The van der Waals surface area contributed by atoms with Crippen LogP contribution < -0.4 is 0 Å². The Hall–Kier alpha value is -3.08. The number of hydrogen-bond acceptors (Lipinski definition) is 3. The molecule has 3 aromatic rings. The van der Waals surface area contributed by atoms with Gasteiger partial charge in [0.2, 0.25) is 0 Å². The first kappa shape index (κ1) is 17.3. The quantitative estimate of drug-likeness (QED) is 0.699. The highest BCUT2D eigenvalue weighted by Gasteiger charge is 2.28. The smallest absolute Gasteiger partial charge is 0.253 e. The van der Waals surface area contributed by atoms with Crippen molar-refractivity contribution < 1.29 is 9.18 Å². The van der Waals surface area contributed by atoms with E-state index in [1.165, 1.54) is 12.1 Å². The third-order valence-electron chi connectivity index (χ3n) is 4.94. The fraction of sp³-hybridized carbons (Fsp3) is 0.227. The minimum atomic E-state index is -0.298. The number of carbonyl (C=O) groups excluding carboxylic acids is 1. The maximum atomic E-state index is 13.7. The van der Waals surface area contributed by atoms with Gasteiger partial charge in [-0.05, 0) is 37.1 Å². The number of nitrogens with zero attached hydrogens (tertiary/aromatic N) is 3. The van der Waals surface area contributed by atoms with Crippen LogP contribution in [0.25, 0.3) is 11.3 Å². The standard InChI is InChI=1S/C22H20FN3O/c23-19-10-4-8-17(14-19)20-21(25-12-11-24-20)18-9-5-13-26(15-18)22(27)16-6-2-1-3-7-16/h1-4,6-8,10-12,14,18H,5,9,13,15H2/t18-/m0/s1. The molecule has 5 heteroatoms. The van der Waals surface area contributed by atoms with Gasteiger partial charge in [0.25, 0.3) is 5.91 Å². The van der Waals surface area contributed by atoms with Crippen LogP contribution in [0.2, 0.25) is 0 Å². The van der Waals surface area contributed by atoms with Gasteiger partial charge in [0, 0.05) is 42.5 Å². The highest BCUT2D eigenvalue weighted by Crippen LogP contribution is 2.32. The number of carbonyl (C=O) groups is 1. The minimum absolute atomic E-state index is 0.0384. The highest BCUT2D eigenvalue weighted by atomic mass is 19.1. The monoisotopic (exact) mass is 361 g/mol. The predicted octanol–water partition coefficient (Wildman–Crippen LogP) is 4.30. The lowest BCUT2D eigenvalue weighted by atomic mass is 9.91. The average Bonchev–Trinajstić information content (AvgIpc) is 2.74. The normalized spacial score (nSPS) is 16.9. The Labute approximate surface area is 157 Å². The molecule has 1 atom stereocenters. The highest BCUT2D eigenvalue weighted by molar-refractivity contribution is 5.94. The summed E-state index contributed by atoms with van der Waals surface area (Å²) >= 11 is 0. The van der Waals surface area contributed by atoms with Crippen LogP contribution in [-0.4, -0.2) is 33.9 Å². The molecule has 27 heavy (non-hydrogen) atoms. The summed E-state index contributed by atoms with van der Waals surface area (Å²) in [6.07, 6.45) is 5.12. The summed E-state index contributed by atoms with van der Waals surface area (Å²) < 4.78 is 13.7. The van der Waals surface area contributed by atoms with Crippen molar-refractivity contribution in [3.63, 3.8) is 0 Å². The summed E-state index contributed by atoms with van der Waals surface area (Å²) in [4.78, 5) is 23.7. The first-order valence-corrected chi connectivity index (χ1v) is 9.13. The van der Waals surface area contributed by atoms with Gasteiger partial charge in [-0.3, -0.25) is 14.8 Å². The number of amides is 1. The Morgan fingerprint density at radius 2 is 1.85 bits per heavy atom. The molecular formula is C22H20FN3O. The Morgan fingerprint density at radius 3 is 2.67 bits per heavy atom. The van der Waals surface area contributed by atoms with Crippen LogP contribution in [0.15, 0.2) is 67.0 Å². The molecule has 0 bridgehead atoms. The van der Waals surface area contributed by atoms with Crippen molar-refractivity contribution in [3.05, 3.63) is 84.1 Å². The van der Waals surface area contributed by atoms with Crippen molar-refractivity contribution in [2.24, 2.45) is 0 Å². The van der Waals surface area contributed by atoms with Crippen LogP contribution in [0.1, 0.15) is 34.8 Å². The van der Waals surface area contributed by atoms with Gasteiger partial charge in [-0.25, -0.2) is 4.39 Å². The maximum absolute atomic E-state index is 13.7. The maximum Gasteiger partial charge on any atom is 0.253 e. The van der Waals surface area contributed by atoms with E-state index in [9.17, 15) is 9.18 Å². The van der Waals surface area contributed by atoms with Crippen molar-refractivity contribution in [1.29, 1.82) is 0 Å². The van der Waals surface area contributed by atoms with E-state index in [0.717, 1.165) is 25.1 Å². The van der Waals surface area contributed by atoms with Crippen LogP contribution in [0.4, 0.5) is 4.39 Å². The zero-order valence-electron chi connectivity index (χ0n) is 14.9. The van der Waals surface area contributed by atoms with E-state index in [-0.39, 0.29) is 17.6 Å². The van der Waals surface area contributed by atoms with Crippen molar-refractivity contribution in [3.8, 4) is 11.3 Å². The van der Waals surface area contributed by atoms with Gasteiger partial charge in [0.05, 0.1) is 11.4 Å². The van der Waals surface area contributed by atoms with E-state index in [1.807, 2.05) is 41.3 Å². The van der Waals surface area contributed by atoms with Gasteiger partial charge < -0.3 is 4.90 Å². The molecule has 1 aliphatic heterocycles. The predicted molar refractivity (Wildman–Crippen MR) is 102 cm³/mol. The molecule has 0 aliphatic carbocycles. The molecule has 1 aromatic heterocycles. The molecule has 0 N–H and O–H groups in total. The van der Waals surface area contributed by atoms with Crippen LogP contribution in [0.5, 0.6) is 0 Å². The number of halogens is 1. The van der Waals surface area contributed by atoms with Gasteiger partial charge in [-0.15, -0.1) is 0 Å². The number of rotatable bonds is 3. The van der Waals surface area contributed by atoms with Crippen LogP contribution in [-0.2, 0) is 0 Å². The molecule has 2 aromatic carbocycles. The first-order valence-electron chi connectivity index (χ1n) is 9.13. The zero-order valence-corrected chi connectivity index (χ0v) is 14.9. The Kier molecular flexibility index (Phi) is 4.92. The van der Waals surface area contributed by atoms with Gasteiger partial charge in [0.15, 0.2) is 0 Å². The third-order valence-corrected chi connectivity index (χ3v) is 4.94. The largest absolute Gasteiger partial charge is 0.338 e. The molecule has 1 aliphatic rings. The Balaban J connectivity index is 1.62. The number of benzene rings is 2. The van der Waals surface area contributed by atoms with Crippen molar-refractivity contribution >= 4 is 5.91 Å². The molecule has 1 amide bonds. The van der Waals surface area contributed by atoms with Crippen LogP contribution in [0.3, 0.4) is 0 Å². The summed E-state index contributed by atoms with van der Waals surface area (Å²) in [5, 5.41) is 0. The lowest BCUT2D eigenvalue weighted by molar-refractivity contribution is 0.0706. The summed E-state index contributed by atoms with van der Waals surface area (Å²) in [6.45, 7) is 1.33. The van der Waals surface area contributed by atoms with E-state index < -0.39 is 0 Å². The summed E-state index contributed by atoms with van der Waals surface area (Å²) in [6, 6.07) is 15.7. The van der Waals surface area contributed by atoms with Crippen molar-refractivity contribution in [1.82, 2.24) is 14.9 Å². The fourth-order valence-electron chi connectivity index (χ4n) is 3.65. The van der Waals surface area contributed by atoms with Crippen LogP contribution >= 0.6 is 0 Å². The molecular weight excluding hydrogens is 341 g/mol. The number of hydrogen-bond donors (Lipinski definition) is 0. The first-order chi connectivity index (χ1) is 13.2. The molecule has 1 fully saturated rings. The topological polar surface area (TPSA) is 46.1 Å². The number of piperidine rings is 1.